The van der Waals surface area contributed by atoms with E-state index >= 15 is 0 Å². The standard InChI is InChI=1S/C20H18ClN7O2/c1-26-17-4-3-13(25-16-5-7-23-19(21)15(16)10-22)9-18(17)28(20(26)30)12-14(29)11-27-8-2-6-24-27/h2-9,14,29H,11-12H2,1H3,(H,23,25). The number of nitrogens with one attached hydrogen (secondary N) is 1. The van der Waals surface area contributed by atoms with Crippen LogP contribution in [0.15, 0.2) is 53.7 Å². The molecule has 0 saturated heterocycles. The van der Waals surface area contributed by atoms with Gasteiger partial charge in [-0.2, -0.15) is 10.4 Å². The van der Waals surface area contributed by atoms with Crippen LogP contribution in [0.3, 0.4) is 0 Å². The van der Waals surface area contributed by atoms with Crippen molar-refractivity contribution in [2.75, 3.05) is 5.32 Å². The number of aryl methyl sites for hydroxylation is 1. The Morgan fingerprint density at radius 1 is 1.27 bits per heavy atom. The molecule has 1 atom stereocenters. The van der Waals surface area contributed by atoms with Gasteiger partial charge in [-0.1, -0.05) is 11.6 Å². The Labute approximate surface area is 176 Å². The fourth-order valence-electron chi connectivity index (χ4n) is 3.36. The molecule has 0 saturated carbocycles. The maximum atomic E-state index is 12.7. The molecule has 3 aromatic heterocycles. The zero-order valence-electron chi connectivity index (χ0n) is 16.0. The van der Waals surface area contributed by atoms with Crippen molar-refractivity contribution >= 4 is 34.0 Å². The highest BCUT2D eigenvalue weighted by atomic mass is 35.5. The maximum Gasteiger partial charge on any atom is 0.328 e. The Balaban J connectivity index is 1.68. The van der Waals surface area contributed by atoms with Gasteiger partial charge in [-0.3, -0.25) is 13.8 Å². The van der Waals surface area contributed by atoms with Crippen LogP contribution in [0.4, 0.5) is 11.4 Å². The second kappa shape index (κ2) is 8.02. The van der Waals surface area contributed by atoms with Crippen molar-refractivity contribution in [3.05, 3.63) is 70.1 Å². The monoisotopic (exact) mass is 423 g/mol. The van der Waals surface area contributed by atoms with Gasteiger partial charge < -0.3 is 10.4 Å². The number of aliphatic hydroxyl groups excluding tert-OH is 1. The van der Waals surface area contributed by atoms with Crippen molar-refractivity contribution < 1.29 is 5.11 Å². The Morgan fingerprint density at radius 2 is 2.10 bits per heavy atom. The molecule has 10 heteroatoms. The summed E-state index contributed by atoms with van der Waals surface area (Å²) < 4.78 is 4.67. The third kappa shape index (κ3) is 3.66. The topological polar surface area (TPSA) is 114 Å². The molecule has 0 fully saturated rings. The number of hydrogen-bond donors (Lipinski definition) is 2. The third-order valence-corrected chi connectivity index (χ3v) is 5.08. The number of rotatable bonds is 6. The lowest BCUT2D eigenvalue weighted by Crippen LogP contribution is -2.30. The Kier molecular flexibility index (Phi) is 5.27. The quantitative estimate of drug-likeness (QED) is 0.460. The van der Waals surface area contributed by atoms with Crippen molar-refractivity contribution in [2.24, 2.45) is 7.05 Å². The van der Waals surface area contributed by atoms with Crippen LogP contribution >= 0.6 is 11.6 Å². The molecule has 0 aliphatic rings. The predicted octanol–water partition coefficient (Wildman–Crippen LogP) is 2.26. The number of nitriles is 1. The van der Waals surface area contributed by atoms with Crippen LogP contribution in [0, 0.1) is 11.3 Å². The number of aromatic nitrogens is 5. The molecule has 1 aromatic carbocycles. The van der Waals surface area contributed by atoms with E-state index in [4.69, 9.17) is 11.6 Å². The highest BCUT2D eigenvalue weighted by Gasteiger charge is 2.16. The summed E-state index contributed by atoms with van der Waals surface area (Å²) in [4.78, 5) is 16.7. The fourth-order valence-corrected chi connectivity index (χ4v) is 3.56. The van der Waals surface area contributed by atoms with E-state index in [9.17, 15) is 15.2 Å². The number of hydrogen-bond acceptors (Lipinski definition) is 6. The van der Waals surface area contributed by atoms with E-state index in [2.05, 4.69) is 15.4 Å². The van der Waals surface area contributed by atoms with Crippen molar-refractivity contribution in [2.45, 2.75) is 19.2 Å². The summed E-state index contributed by atoms with van der Waals surface area (Å²) in [6.07, 6.45) is 4.10. The number of imidazole rings is 1. The van der Waals surface area contributed by atoms with Gasteiger partial charge in [0, 0.05) is 31.3 Å². The van der Waals surface area contributed by atoms with Crippen molar-refractivity contribution in [3.8, 4) is 6.07 Å². The minimum absolute atomic E-state index is 0.113. The minimum atomic E-state index is -0.797. The van der Waals surface area contributed by atoms with E-state index in [0.29, 0.717) is 16.9 Å². The molecule has 4 rings (SSSR count). The van der Waals surface area contributed by atoms with Crippen LogP contribution in [-0.2, 0) is 20.1 Å². The Morgan fingerprint density at radius 3 is 2.83 bits per heavy atom. The van der Waals surface area contributed by atoms with Crippen LogP contribution in [0.2, 0.25) is 5.15 Å². The number of aliphatic hydroxyl groups is 1. The SMILES string of the molecule is Cn1c(=O)n(CC(O)Cn2cccn2)c2cc(Nc3ccnc(Cl)c3C#N)ccc21. The Bertz CT molecular complexity index is 1300. The molecule has 152 valence electrons. The summed E-state index contributed by atoms with van der Waals surface area (Å²) in [5, 5.41) is 27.2. The number of pyridine rings is 1. The average molecular weight is 424 g/mol. The van der Waals surface area contributed by atoms with Gasteiger partial charge in [-0.15, -0.1) is 0 Å². The van der Waals surface area contributed by atoms with Crippen LogP contribution in [0.5, 0.6) is 0 Å². The first-order chi connectivity index (χ1) is 14.5. The van der Waals surface area contributed by atoms with E-state index in [1.165, 1.54) is 15.3 Å². The molecule has 0 radical (unpaired) electrons. The summed E-state index contributed by atoms with van der Waals surface area (Å²) >= 11 is 6.00. The lowest BCUT2D eigenvalue weighted by molar-refractivity contribution is 0.130. The first-order valence-electron chi connectivity index (χ1n) is 9.14. The molecule has 2 N–H and O–H groups in total. The molecule has 3 heterocycles. The van der Waals surface area contributed by atoms with Gasteiger partial charge in [-0.05, 0) is 30.3 Å². The molecule has 4 aromatic rings. The van der Waals surface area contributed by atoms with Crippen LogP contribution in [0.25, 0.3) is 11.0 Å². The van der Waals surface area contributed by atoms with Crippen molar-refractivity contribution in [3.63, 3.8) is 0 Å². The number of nitrogens with zero attached hydrogens (tertiary/aromatic N) is 6. The summed E-state index contributed by atoms with van der Waals surface area (Å²) in [6.45, 7) is 0.388. The van der Waals surface area contributed by atoms with E-state index in [0.717, 1.165) is 5.52 Å². The predicted molar refractivity (Wildman–Crippen MR) is 113 cm³/mol. The smallest absolute Gasteiger partial charge is 0.328 e. The van der Waals surface area contributed by atoms with Crippen LogP contribution < -0.4 is 11.0 Å². The maximum absolute atomic E-state index is 12.7. The van der Waals surface area contributed by atoms with E-state index < -0.39 is 6.10 Å². The summed E-state index contributed by atoms with van der Waals surface area (Å²) in [5.74, 6) is 0. The van der Waals surface area contributed by atoms with Crippen molar-refractivity contribution in [1.29, 1.82) is 5.26 Å². The van der Waals surface area contributed by atoms with Gasteiger partial charge in [0.2, 0.25) is 0 Å². The van der Waals surface area contributed by atoms with Crippen LogP contribution in [-0.4, -0.2) is 35.1 Å². The van der Waals surface area contributed by atoms with Gasteiger partial charge in [0.05, 0.1) is 35.9 Å². The average Bonchev–Trinajstić information content (AvgIpc) is 3.31. The lowest BCUT2D eigenvalue weighted by Gasteiger charge is -2.13. The van der Waals surface area contributed by atoms with Gasteiger partial charge in [0.1, 0.15) is 16.8 Å². The molecular weight excluding hydrogens is 406 g/mol. The largest absolute Gasteiger partial charge is 0.389 e. The molecule has 1 unspecified atom stereocenters. The van der Waals surface area contributed by atoms with Gasteiger partial charge >= 0.3 is 5.69 Å². The second-order valence-electron chi connectivity index (χ2n) is 6.80. The molecule has 0 aliphatic carbocycles. The zero-order chi connectivity index (χ0) is 21.3. The number of halogens is 1. The molecule has 9 nitrogen and oxygen atoms in total. The molecule has 0 spiro atoms. The van der Waals surface area contributed by atoms with Crippen LogP contribution in [0.1, 0.15) is 5.56 Å². The molecular formula is C20H18ClN7O2. The number of anilines is 2. The van der Waals surface area contributed by atoms with E-state index in [1.807, 2.05) is 18.2 Å². The normalized spacial score (nSPS) is 12.1. The summed E-state index contributed by atoms with van der Waals surface area (Å²) in [5.41, 5.74) is 2.57. The van der Waals surface area contributed by atoms with Gasteiger partial charge in [-0.25, -0.2) is 9.78 Å². The molecule has 0 aliphatic heterocycles. The highest BCUT2D eigenvalue weighted by molar-refractivity contribution is 6.31. The molecule has 0 bridgehead atoms. The second-order valence-corrected chi connectivity index (χ2v) is 7.16. The van der Waals surface area contributed by atoms with E-state index in [1.54, 1.807) is 42.3 Å². The summed E-state index contributed by atoms with van der Waals surface area (Å²) in [7, 11) is 1.69. The summed E-state index contributed by atoms with van der Waals surface area (Å²) in [6, 6.07) is 10.9. The first-order valence-corrected chi connectivity index (χ1v) is 9.52. The van der Waals surface area contributed by atoms with Gasteiger partial charge in [0.25, 0.3) is 0 Å². The van der Waals surface area contributed by atoms with Gasteiger partial charge in [0.15, 0.2) is 0 Å². The number of fused-ring (bicyclic) bond motifs is 1. The van der Waals surface area contributed by atoms with Crippen molar-refractivity contribution in [1.82, 2.24) is 23.9 Å². The highest BCUT2D eigenvalue weighted by Crippen LogP contribution is 2.26. The minimum Gasteiger partial charge on any atom is -0.389 e. The fraction of sp³-hybridized carbons (Fsp3) is 0.200. The van der Waals surface area contributed by atoms with E-state index in [-0.39, 0.29) is 29.5 Å². The molecule has 0 amide bonds. The first kappa shape index (κ1) is 19.7. The molecule has 30 heavy (non-hydrogen) atoms. The lowest BCUT2D eigenvalue weighted by atomic mass is 10.2. The Hall–Kier alpha value is -3.61. The number of benzene rings is 1. The third-order valence-electron chi connectivity index (χ3n) is 4.79. The zero-order valence-corrected chi connectivity index (χ0v) is 16.8.